The highest BCUT2D eigenvalue weighted by Crippen LogP contribution is 1.85. The monoisotopic (exact) mass is 170 g/mol. The number of hydrogen-bond acceptors (Lipinski definition) is 4. The first-order valence-corrected chi connectivity index (χ1v) is 3.52. The summed E-state index contributed by atoms with van der Waals surface area (Å²) in [5.74, 6) is -0.218. The Kier molecular flexibility index (Phi) is 2.76. The number of nitrogens with zero attached hydrogens (tertiary/aromatic N) is 2. The summed E-state index contributed by atoms with van der Waals surface area (Å²) in [5, 5.41) is 17.2. The van der Waals surface area contributed by atoms with Crippen LogP contribution in [0, 0.1) is 0 Å². The number of rotatable bonds is 3. The van der Waals surface area contributed by atoms with Gasteiger partial charge in [-0.2, -0.15) is 5.10 Å². The van der Waals surface area contributed by atoms with Crippen molar-refractivity contribution in [1.82, 2.24) is 20.5 Å². The van der Waals surface area contributed by atoms with Crippen LogP contribution < -0.4 is 5.32 Å². The molecule has 0 saturated heterocycles. The lowest BCUT2D eigenvalue weighted by molar-refractivity contribution is 0.0914. The van der Waals surface area contributed by atoms with Crippen LogP contribution in [0.3, 0.4) is 0 Å². The molecule has 66 valence electrons. The zero-order valence-electron chi connectivity index (χ0n) is 6.61. The van der Waals surface area contributed by atoms with Crippen molar-refractivity contribution in [2.45, 2.75) is 13.0 Å². The normalized spacial score (nSPS) is 12.5. The summed E-state index contributed by atoms with van der Waals surface area (Å²) in [6.07, 6.45) is 0.689. The Balaban J connectivity index is 2.40. The van der Waals surface area contributed by atoms with E-state index in [1.54, 1.807) is 6.92 Å². The van der Waals surface area contributed by atoms with Crippen molar-refractivity contribution in [2.24, 2.45) is 0 Å². The van der Waals surface area contributed by atoms with E-state index >= 15 is 0 Å². The van der Waals surface area contributed by atoms with Crippen molar-refractivity contribution in [3.63, 3.8) is 0 Å². The largest absolute Gasteiger partial charge is 0.392 e. The van der Waals surface area contributed by atoms with Crippen LogP contribution >= 0.6 is 0 Å². The first kappa shape index (κ1) is 8.66. The van der Waals surface area contributed by atoms with Crippen molar-refractivity contribution in [3.05, 3.63) is 12.2 Å². The molecule has 1 atom stereocenters. The molecule has 0 bridgehead atoms. The van der Waals surface area contributed by atoms with Crippen LogP contribution in [-0.4, -0.2) is 38.8 Å². The lowest BCUT2D eigenvalue weighted by atomic mass is 10.4. The number of carbonyl (C=O) groups excluding carboxylic acids is 1. The van der Waals surface area contributed by atoms with Gasteiger partial charge in [0.05, 0.1) is 6.10 Å². The Morgan fingerprint density at radius 1 is 1.92 bits per heavy atom. The Morgan fingerprint density at radius 2 is 2.67 bits per heavy atom. The summed E-state index contributed by atoms with van der Waals surface area (Å²) >= 11 is 0. The number of carbonyl (C=O) groups is 1. The lowest BCUT2D eigenvalue weighted by Crippen LogP contribution is -2.31. The highest BCUT2D eigenvalue weighted by molar-refractivity contribution is 5.90. The molecule has 3 N–H and O–H groups in total. The summed E-state index contributed by atoms with van der Waals surface area (Å²) in [5.41, 5.74) is 0. The minimum absolute atomic E-state index is 0.149. The molecule has 0 aliphatic carbocycles. The summed E-state index contributed by atoms with van der Waals surface area (Å²) in [4.78, 5) is 14.7. The number of aliphatic hydroxyl groups excluding tert-OH is 1. The molecular formula is C6H10N4O2. The van der Waals surface area contributed by atoms with E-state index < -0.39 is 6.10 Å². The third-order valence-corrected chi connectivity index (χ3v) is 1.19. The Bertz CT molecular complexity index is 244. The molecule has 12 heavy (non-hydrogen) atoms. The first-order valence-electron chi connectivity index (χ1n) is 3.52. The van der Waals surface area contributed by atoms with Crippen molar-refractivity contribution in [1.29, 1.82) is 0 Å². The van der Waals surface area contributed by atoms with E-state index in [0.717, 1.165) is 0 Å². The van der Waals surface area contributed by atoms with Crippen LogP contribution in [-0.2, 0) is 0 Å². The molecule has 0 saturated carbocycles. The average Bonchev–Trinajstić information content (AvgIpc) is 2.51. The molecule has 1 rings (SSSR count). The van der Waals surface area contributed by atoms with Crippen LogP contribution in [0.5, 0.6) is 0 Å². The molecule has 0 fully saturated rings. The van der Waals surface area contributed by atoms with Crippen LogP contribution in [0.1, 0.15) is 17.5 Å². The Labute approximate surface area is 69.0 Å². The molecule has 6 heteroatoms. The minimum Gasteiger partial charge on any atom is -0.392 e. The topological polar surface area (TPSA) is 90.9 Å². The van der Waals surface area contributed by atoms with E-state index in [9.17, 15) is 4.79 Å². The molecule has 0 aliphatic rings. The van der Waals surface area contributed by atoms with Gasteiger partial charge in [0.2, 0.25) is 5.82 Å². The minimum atomic E-state index is -0.558. The fourth-order valence-electron chi connectivity index (χ4n) is 0.639. The molecule has 0 aliphatic heterocycles. The SMILES string of the molecule is C[C@@H](O)CNC(=O)c1ncn[nH]1. The zero-order valence-corrected chi connectivity index (χ0v) is 6.61. The van der Waals surface area contributed by atoms with Gasteiger partial charge in [-0.3, -0.25) is 9.89 Å². The molecule has 0 unspecified atom stereocenters. The van der Waals surface area contributed by atoms with Gasteiger partial charge in [0.1, 0.15) is 6.33 Å². The van der Waals surface area contributed by atoms with Crippen molar-refractivity contribution in [3.8, 4) is 0 Å². The second-order valence-electron chi connectivity index (χ2n) is 2.39. The third kappa shape index (κ3) is 2.31. The number of nitrogens with one attached hydrogen (secondary N) is 2. The molecule has 1 amide bonds. The zero-order chi connectivity index (χ0) is 8.97. The highest BCUT2D eigenvalue weighted by atomic mass is 16.3. The maximum absolute atomic E-state index is 11.1. The summed E-state index contributed by atoms with van der Waals surface area (Å²) < 4.78 is 0. The van der Waals surface area contributed by atoms with Crippen molar-refractivity contribution >= 4 is 5.91 Å². The third-order valence-electron chi connectivity index (χ3n) is 1.19. The average molecular weight is 170 g/mol. The predicted molar refractivity (Wildman–Crippen MR) is 40.4 cm³/mol. The fourth-order valence-corrected chi connectivity index (χ4v) is 0.639. The molecule has 1 heterocycles. The van der Waals surface area contributed by atoms with Crippen molar-refractivity contribution < 1.29 is 9.90 Å². The standard InChI is InChI=1S/C6H10N4O2/c1-4(11)2-7-6(12)5-8-3-9-10-5/h3-4,11H,2H2,1H3,(H,7,12)(H,8,9,10)/t4-/m1/s1. The van der Waals surface area contributed by atoms with E-state index in [0.29, 0.717) is 0 Å². The summed E-state index contributed by atoms with van der Waals surface area (Å²) in [6.45, 7) is 1.79. The van der Waals surface area contributed by atoms with Gasteiger partial charge in [0.15, 0.2) is 0 Å². The molecule has 1 aromatic rings. The molecule has 0 spiro atoms. The van der Waals surface area contributed by atoms with Gasteiger partial charge in [0.25, 0.3) is 5.91 Å². The van der Waals surface area contributed by atoms with Gasteiger partial charge in [-0.1, -0.05) is 0 Å². The maximum Gasteiger partial charge on any atom is 0.288 e. The number of aromatic nitrogens is 3. The van der Waals surface area contributed by atoms with Gasteiger partial charge in [-0.15, -0.1) is 0 Å². The Hall–Kier alpha value is -1.43. The quantitative estimate of drug-likeness (QED) is 0.538. The first-order chi connectivity index (χ1) is 5.70. The second-order valence-corrected chi connectivity index (χ2v) is 2.39. The Morgan fingerprint density at radius 3 is 3.17 bits per heavy atom. The maximum atomic E-state index is 11.1. The van der Waals surface area contributed by atoms with Gasteiger partial charge in [0, 0.05) is 6.54 Å². The van der Waals surface area contributed by atoms with E-state index in [1.807, 2.05) is 0 Å². The molecule has 1 aromatic heterocycles. The smallest absolute Gasteiger partial charge is 0.288 e. The number of amides is 1. The molecule has 6 nitrogen and oxygen atoms in total. The van der Waals surface area contributed by atoms with Crippen LogP contribution in [0.2, 0.25) is 0 Å². The molecule has 0 radical (unpaired) electrons. The lowest BCUT2D eigenvalue weighted by Gasteiger charge is -2.03. The van der Waals surface area contributed by atoms with Crippen LogP contribution in [0.15, 0.2) is 6.33 Å². The molecular weight excluding hydrogens is 160 g/mol. The van der Waals surface area contributed by atoms with Gasteiger partial charge < -0.3 is 10.4 Å². The summed E-state index contributed by atoms with van der Waals surface area (Å²) in [7, 11) is 0. The van der Waals surface area contributed by atoms with Crippen LogP contribution in [0.4, 0.5) is 0 Å². The van der Waals surface area contributed by atoms with E-state index in [2.05, 4.69) is 20.5 Å². The van der Waals surface area contributed by atoms with Gasteiger partial charge >= 0.3 is 0 Å². The second kappa shape index (κ2) is 3.82. The van der Waals surface area contributed by atoms with Crippen molar-refractivity contribution in [2.75, 3.05) is 6.54 Å². The predicted octanol–water partition coefficient (Wildman–Crippen LogP) is -1.08. The van der Waals surface area contributed by atoms with Gasteiger partial charge in [-0.25, -0.2) is 4.98 Å². The molecule has 0 aromatic carbocycles. The van der Waals surface area contributed by atoms with E-state index in [4.69, 9.17) is 5.11 Å². The van der Waals surface area contributed by atoms with Gasteiger partial charge in [-0.05, 0) is 6.92 Å². The highest BCUT2D eigenvalue weighted by Gasteiger charge is 2.07. The fraction of sp³-hybridized carbons (Fsp3) is 0.500. The van der Waals surface area contributed by atoms with E-state index in [1.165, 1.54) is 6.33 Å². The van der Waals surface area contributed by atoms with E-state index in [-0.39, 0.29) is 18.3 Å². The van der Waals surface area contributed by atoms with Crippen LogP contribution in [0.25, 0.3) is 0 Å². The number of aromatic amines is 1. The number of aliphatic hydroxyl groups is 1. The number of hydrogen-bond donors (Lipinski definition) is 3. The number of H-pyrrole nitrogens is 1. The summed E-state index contributed by atoms with van der Waals surface area (Å²) in [6, 6.07) is 0.